The number of carbonyl (C=O) groups is 1. The van der Waals surface area contributed by atoms with E-state index in [2.05, 4.69) is 17.6 Å². The van der Waals surface area contributed by atoms with Crippen molar-refractivity contribution >= 4 is 39.7 Å². The molecular weight excluding hydrogens is 380 g/mol. The van der Waals surface area contributed by atoms with Crippen LogP contribution in [0.1, 0.15) is 21.7 Å². The fraction of sp³-hybridized carbons (Fsp3) is 0.0833. The van der Waals surface area contributed by atoms with Gasteiger partial charge in [0, 0.05) is 16.6 Å². The van der Waals surface area contributed by atoms with Crippen LogP contribution in [0, 0.1) is 13.8 Å². The fourth-order valence-corrected chi connectivity index (χ4v) is 3.37. The minimum atomic E-state index is -0.391. The van der Waals surface area contributed by atoms with E-state index in [0.717, 1.165) is 22.0 Å². The molecule has 1 aromatic heterocycles. The van der Waals surface area contributed by atoms with Gasteiger partial charge in [-0.05, 0) is 66.8 Å². The van der Waals surface area contributed by atoms with Crippen LogP contribution >= 0.6 is 12.2 Å². The highest BCUT2D eigenvalue weighted by Crippen LogP contribution is 2.25. The number of amides is 1. The number of benzene rings is 3. The molecule has 29 heavy (non-hydrogen) atoms. The smallest absolute Gasteiger partial charge is 0.293 e. The van der Waals surface area contributed by atoms with E-state index in [1.807, 2.05) is 67.6 Å². The van der Waals surface area contributed by atoms with Gasteiger partial charge in [0.25, 0.3) is 5.91 Å². The Balaban J connectivity index is 1.47. The van der Waals surface area contributed by atoms with Crippen LogP contribution in [0.3, 0.4) is 0 Å². The molecule has 0 aliphatic rings. The summed E-state index contributed by atoms with van der Waals surface area (Å²) in [6.45, 7) is 4.11. The largest absolute Gasteiger partial charge is 0.451 e. The molecule has 0 radical (unpaired) electrons. The number of carbonyl (C=O) groups excluding carboxylic acids is 1. The molecule has 1 heterocycles. The molecule has 0 saturated heterocycles. The predicted octanol–water partition coefficient (Wildman–Crippen LogP) is 5.84. The number of hydrogen-bond donors (Lipinski definition) is 2. The minimum absolute atomic E-state index is 0.209. The van der Waals surface area contributed by atoms with Crippen LogP contribution in [-0.2, 0) is 0 Å². The zero-order valence-electron chi connectivity index (χ0n) is 16.2. The van der Waals surface area contributed by atoms with Crippen LogP contribution in [0.5, 0.6) is 0 Å². The fourth-order valence-electron chi connectivity index (χ4n) is 3.16. The number of fused-ring (bicyclic) bond motifs is 1. The number of thiocarbonyl (C=S) groups is 1. The normalized spacial score (nSPS) is 10.7. The lowest BCUT2D eigenvalue weighted by Gasteiger charge is -2.11. The van der Waals surface area contributed by atoms with E-state index in [1.165, 1.54) is 11.1 Å². The van der Waals surface area contributed by atoms with Gasteiger partial charge in [-0.25, -0.2) is 0 Å². The minimum Gasteiger partial charge on any atom is -0.451 e. The lowest BCUT2D eigenvalue weighted by Crippen LogP contribution is -2.33. The van der Waals surface area contributed by atoms with Crippen molar-refractivity contribution in [1.29, 1.82) is 0 Å². The molecule has 2 N–H and O–H groups in total. The first kappa shape index (κ1) is 18.9. The van der Waals surface area contributed by atoms with Gasteiger partial charge in [-0.1, -0.05) is 48.5 Å². The summed E-state index contributed by atoms with van der Waals surface area (Å²) in [5.74, 6) is 0.462. The van der Waals surface area contributed by atoms with Crippen LogP contribution in [0.2, 0.25) is 0 Å². The third-order valence-electron chi connectivity index (χ3n) is 4.89. The average Bonchev–Trinajstić information content (AvgIpc) is 3.21. The van der Waals surface area contributed by atoms with Crippen molar-refractivity contribution in [2.45, 2.75) is 13.8 Å². The molecule has 0 fully saturated rings. The zero-order chi connectivity index (χ0) is 20.4. The van der Waals surface area contributed by atoms with Gasteiger partial charge < -0.3 is 9.73 Å². The maximum atomic E-state index is 12.5. The van der Waals surface area contributed by atoms with Gasteiger partial charge >= 0.3 is 0 Å². The molecule has 0 unspecified atom stereocenters. The van der Waals surface area contributed by atoms with Gasteiger partial charge in [0.2, 0.25) is 0 Å². The first-order valence-corrected chi connectivity index (χ1v) is 9.69. The molecule has 0 saturated carbocycles. The molecule has 4 nitrogen and oxygen atoms in total. The van der Waals surface area contributed by atoms with E-state index in [0.29, 0.717) is 5.76 Å². The average molecular weight is 401 g/mol. The number of nitrogens with one attached hydrogen (secondary N) is 2. The third-order valence-corrected chi connectivity index (χ3v) is 5.09. The van der Waals surface area contributed by atoms with Crippen LogP contribution in [-0.4, -0.2) is 11.0 Å². The second kappa shape index (κ2) is 7.89. The van der Waals surface area contributed by atoms with Gasteiger partial charge in [-0.3, -0.25) is 10.1 Å². The van der Waals surface area contributed by atoms with E-state index in [-0.39, 0.29) is 10.9 Å². The SMILES string of the molecule is Cc1ccc(-c2ccc(C(=O)NC(=S)Nc3cccc4ccccc34)o2)cc1C. The summed E-state index contributed by atoms with van der Waals surface area (Å²) in [6.07, 6.45) is 0. The maximum Gasteiger partial charge on any atom is 0.293 e. The third kappa shape index (κ3) is 4.05. The van der Waals surface area contributed by atoms with Crippen molar-refractivity contribution in [3.8, 4) is 11.3 Å². The molecule has 0 aliphatic heterocycles. The van der Waals surface area contributed by atoms with Gasteiger partial charge in [-0.15, -0.1) is 0 Å². The van der Waals surface area contributed by atoms with E-state index in [4.69, 9.17) is 16.6 Å². The second-order valence-electron chi connectivity index (χ2n) is 6.90. The standard InChI is InChI=1S/C24H20N2O2S/c1-15-10-11-18(14-16(15)2)21-12-13-22(28-21)23(27)26-24(29)25-20-9-5-7-17-6-3-4-8-19(17)20/h3-14H,1-2H3,(H2,25,26,27,29). The van der Waals surface area contributed by atoms with Crippen LogP contribution in [0.15, 0.2) is 77.2 Å². The lowest BCUT2D eigenvalue weighted by molar-refractivity contribution is 0.0951. The number of aryl methyl sites for hydroxylation is 2. The molecular formula is C24H20N2O2S. The predicted molar refractivity (Wildman–Crippen MR) is 121 cm³/mol. The molecule has 1 amide bonds. The Hall–Kier alpha value is -3.44. The summed E-state index contributed by atoms with van der Waals surface area (Å²) in [5, 5.41) is 8.12. The van der Waals surface area contributed by atoms with Crippen molar-refractivity contribution in [1.82, 2.24) is 5.32 Å². The quantitative estimate of drug-likeness (QED) is 0.424. The molecule has 0 bridgehead atoms. The Labute approximate surface area is 174 Å². The highest BCUT2D eigenvalue weighted by molar-refractivity contribution is 7.80. The topological polar surface area (TPSA) is 54.3 Å². The Kier molecular flexibility index (Phi) is 5.14. The molecule has 3 aromatic carbocycles. The van der Waals surface area contributed by atoms with E-state index in [1.54, 1.807) is 12.1 Å². The summed E-state index contributed by atoms with van der Waals surface area (Å²) in [6, 6.07) is 23.4. The van der Waals surface area contributed by atoms with Crippen molar-refractivity contribution in [3.63, 3.8) is 0 Å². The monoisotopic (exact) mass is 400 g/mol. The van der Waals surface area contributed by atoms with Gasteiger partial charge in [0.05, 0.1) is 0 Å². The first-order chi connectivity index (χ1) is 14.0. The van der Waals surface area contributed by atoms with Gasteiger partial charge in [-0.2, -0.15) is 0 Å². The summed E-state index contributed by atoms with van der Waals surface area (Å²) in [5.41, 5.74) is 4.15. The van der Waals surface area contributed by atoms with Crippen molar-refractivity contribution in [2.24, 2.45) is 0 Å². The number of furan rings is 1. The summed E-state index contributed by atoms with van der Waals surface area (Å²) < 4.78 is 5.75. The Morgan fingerprint density at radius 1 is 0.897 bits per heavy atom. The molecule has 0 spiro atoms. The molecule has 4 aromatic rings. The zero-order valence-corrected chi connectivity index (χ0v) is 17.0. The van der Waals surface area contributed by atoms with Crippen molar-refractivity contribution in [2.75, 3.05) is 5.32 Å². The summed E-state index contributed by atoms with van der Waals surface area (Å²) in [7, 11) is 0. The second-order valence-corrected chi connectivity index (χ2v) is 7.31. The van der Waals surface area contributed by atoms with E-state index >= 15 is 0 Å². The number of anilines is 1. The van der Waals surface area contributed by atoms with Crippen molar-refractivity contribution < 1.29 is 9.21 Å². The maximum absolute atomic E-state index is 12.5. The van der Waals surface area contributed by atoms with Gasteiger partial charge in [0.15, 0.2) is 10.9 Å². The summed E-state index contributed by atoms with van der Waals surface area (Å²) >= 11 is 5.32. The van der Waals surface area contributed by atoms with Crippen LogP contribution in [0.4, 0.5) is 5.69 Å². The molecule has 5 heteroatoms. The highest BCUT2D eigenvalue weighted by atomic mass is 32.1. The molecule has 144 valence electrons. The van der Waals surface area contributed by atoms with Crippen LogP contribution in [0.25, 0.3) is 22.1 Å². The molecule has 4 rings (SSSR count). The van der Waals surface area contributed by atoms with E-state index < -0.39 is 5.91 Å². The Morgan fingerprint density at radius 2 is 1.69 bits per heavy atom. The number of hydrogen-bond acceptors (Lipinski definition) is 3. The van der Waals surface area contributed by atoms with Crippen LogP contribution < -0.4 is 10.6 Å². The number of rotatable bonds is 3. The van der Waals surface area contributed by atoms with Crippen molar-refractivity contribution in [3.05, 3.63) is 89.7 Å². The first-order valence-electron chi connectivity index (χ1n) is 9.29. The molecule has 0 atom stereocenters. The Morgan fingerprint density at radius 3 is 2.52 bits per heavy atom. The van der Waals surface area contributed by atoms with Gasteiger partial charge in [0.1, 0.15) is 5.76 Å². The lowest BCUT2D eigenvalue weighted by atomic mass is 10.1. The highest BCUT2D eigenvalue weighted by Gasteiger charge is 2.14. The molecule has 0 aliphatic carbocycles. The van der Waals surface area contributed by atoms with E-state index in [9.17, 15) is 4.79 Å². The summed E-state index contributed by atoms with van der Waals surface area (Å²) in [4.78, 5) is 12.5. The Bertz CT molecular complexity index is 1220.